The molecule has 0 spiro atoms. The number of aromatic nitrogens is 2. The van der Waals surface area contributed by atoms with Crippen molar-refractivity contribution in [2.24, 2.45) is 5.73 Å². The number of ether oxygens (including phenoxy) is 1. The molecule has 1 aromatic heterocycles. The maximum Gasteiger partial charge on any atom is 0.455 e. The van der Waals surface area contributed by atoms with Crippen LogP contribution in [0.25, 0.3) is 0 Å². The molecule has 2 aliphatic rings. The molecule has 12 heteroatoms. The van der Waals surface area contributed by atoms with Crippen molar-refractivity contribution in [1.82, 2.24) is 14.9 Å². The number of carboxylic acids is 1. The summed E-state index contributed by atoms with van der Waals surface area (Å²) in [5.41, 5.74) is 6.60. The van der Waals surface area contributed by atoms with Crippen LogP contribution < -0.4 is 10.5 Å². The molecule has 11 nitrogen and oxygen atoms in total. The van der Waals surface area contributed by atoms with Crippen molar-refractivity contribution in [2.45, 2.75) is 36.7 Å². The number of aromatic hydroxyl groups is 1. The summed E-state index contributed by atoms with van der Waals surface area (Å²) in [5, 5.41) is 38.6. The number of aromatic carboxylic acids is 1. The number of aromatic amines is 1. The molecule has 0 radical (unpaired) electrons. The number of amides is 1. The number of benzene rings is 1. The molecule has 31 heavy (non-hydrogen) atoms. The normalized spacial score (nSPS) is 21.3. The number of phenols is 1. The predicted molar refractivity (Wildman–Crippen MR) is 108 cm³/mol. The molecule has 2 heterocycles. The van der Waals surface area contributed by atoms with Gasteiger partial charge in [0.05, 0.1) is 31.2 Å². The summed E-state index contributed by atoms with van der Waals surface area (Å²) in [7, 11) is -1.52. The largest absolute Gasteiger partial charge is 0.507 e. The molecule has 1 aromatic carbocycles. The van der Waals surface area contributed by atoms with Crippen LogP contribution in [0, 0.1) is 0 Å². The van der Waals surface area contributed by atoms with E-state index in [1.165, 1.54) is 23.4 Å². The van der Waals surface area contributed by atoms with Gasteiger partial charge < -0.3 is 40.6 Å². The van der Waals surface area contributed by atoms with Gasteiger partial charge in [-0.2, -0.15) is 0 Å². The van der Waals surface area contributed by atoms with Crippen LogP contribution in [-0.2, 0) is 11.2 Å². The minimum absolute atomic E-state index is 0.00610. The van der Waals surface area contributed by atoms with Gasteiger partial charge in [0.2, 0.25) is 5.91 Å². The Morgan fingerprint density at radius 2 is 2.10 bits per heavy atom. The first-order valence-corrected chi connectivity index (χ1v) is 9.90. The highest BCUT2D eigenvalue weighted by atomic mass is 16.5. The lowest BCUT2D eigenvalue weighted by Gasteiger charge is -2.40. The van der Waals surface area contributed by atoms with E-state index in [4.69, 9.17) is 10.5 Å². The van der Waals surface area contributed by atoms with Gasteiger partial charge in [-0.25, -0.2) is 9.78 Å². The number of nitrogens with two attached hydrogens (primary N) is 1. The lowest BCUT2D eigenvalue weighted by atomic mass is 9.81. The first-order chi connectivity index (χ1) is 14.8. The topological polar surface area (TPSA) is 182 Å². The van der Waals surface area contributed by atoms with Crippen LogP contribution in [0.1, 0.15) is 34.0 Å². The lowest BCUT2D eigenvalue weighted by molar-refractivity contribution is -0.141. The van der Waals surface area contributed by atoms with Crippen molar-refractivity contribution in [3.63, 3.8) is 0 Å². The Morgan fingerprint density at radius 1 is 1.35 bits per heavy atom. The summed E-state index contributed by atoms with van der Waals surface area (Å²) in [4.78, 5) is 32.5. The summed E-state index contributed by atoms with van der Waals surface area (Å²) in [6.07, 6.45) is 3.49. The van der Waals surface area contributed by atoms with Crippen LogP contribution in [0.3, 0.4) is 0 Å². The highest BCUT2D eigenvalue weighted by molar-refractivity contribution is 6.44. The van der Waals surface area contributed by atoms with Crippen LogP contribution in [-0.4, -0.2) is 79.4 Å². The number of hydrogen-bond acceptors (Lipinski definition) is 8. The summed E-state index contributed by atoms with van der Waals surface area (Å²) in [6, 6.07) is 2.24. The molecule has 0 unspecified atom stereocenters. The molecule has 1 amide bonds. The third-order valence-corrected chi connectivity index (χ3v) is 5.76. The van der Waals surface area contributed by atoms with Gasteiger partial charge in [-0.3, -0.25) is 4.79 Å². The second-order valence-corrected chi connectivity index (χ2v) is 7.96. The highest BCUT2D eigenvalue weighted by Gasteiger charge is 2.48. The average molecular weight is 430 g/mol. The zero-order valence-electron chi connectivity index (χ0n) is 16.5. The van der Waals surface area contributed by atoms with Crippen molar-refractivity contribution in [2.75, 3.05) is 13.1 Å². The number of carbonyl (C=O) groups excluding carboxylic acids is 1. The number of carbonyl (C=O) groups is 2. The zero-order chi connectivity index (χ0) is 22.3. The van der Waals surface area contributed by atoms with E-state index >= 15 is 0 Å². The Labute approximate surface area is 177 Å². The predicted octanol–water partition coefficient (Wildman–Crippen LogP) is -0.697. The zero-order valence-corrected chi connectivity index (χ0v) is 16.5. The van der Waals surface area contributed by atoms with E-state index in [-0.39, 0.29) is 36.2 Å². The SMILES string of the molecule is N[C@H](Cc1c[nH]cn1)C(=O)N1CC(Oc2ccc([C@H]3C[C@H]3B(O)O)c(O)c2C(=O)O)C1. The van der Waals surface area contributed by atoms with Gasteiger partial charge in [-0.15, -0.1) is 0 Å². The van der Waals surface area contributed by atoms with Crippen molar-refractivity contribution in [1.29, 1.82) is 0 Å². The minimum Gasteiger partial charge on any atom is -0.507 e. The Bertz CT molecular complexity index is 978. The van der Waals surface area contributed by atoms with Gasteiger partial charge in [0.15, 0.2) is 0 Å². The fourth-order valence-electron chi connectivity index (χ4n) is 3.92. The van der Waals surface area contributed by atoms with Gasteiger partial charge in [-0.05, 0) is 24.0 Å². The average Bonchev–Trinajstić information content (AvgIpc) is 3.32. The number of nitrogens with one attached hydrogen (secondary N) is 1. The Hall–Kier alpha value is -3.09. The third-order valence-electron chi connectivity index (χ3n) is 5.76. The van der Waals surface area contributed by atoms with Crippen molar-refractivity contribution in [3.8, 4) is 11.5 Å². The molecule has 2 aromatic rings. The Balaban J connectivity index is 1.38. The van der Waals surface area contributed by atoms with E-state index in [1.807, 2.05) is 0 Å². The fraction of sp³-hybridized carbons (Fsp3) is 0.421. The molecule has 4 rings (SSSR count). The molecule has 1 saturated carbocycles. The Morgan fingerprint density at radius 3 is 2.68 bits per heavy atom. The molecule has 3 atom stereocenters. The number of H-pyrrole nitrogens is 1. The van der Waals surface area contributed by atoms with Gasteiger partial charge in [0, 0.05) is 18.4 Å². The van der Waals surface area contributed by atoms with Crippen molar-refractivity contribution in [3.05, 3.63) is 41.5 Å². The molecule has 1 aliphatic heterocycles. The first-order valence-electron chi connectivity index (χ1n) is 9.90. The molecule has 7 N–H and O–H groups in total. The Kier molecular flexibility index (Phi) is 5.61. The monoisotopic (exact) mass is 430 g/mol. The van der Waals surface area contributed by atoms with Gasteiger partial charge in [0.25, 0.3) is 0 Å². The van der Waals surface area contributed by atoms with Gasteiger partial charge >= 0.3 is 13.1 Å². The van der Waals surface area contributed by atoms with Gasteiger partial charge in [0.1, 0.15) is 23.2 Å². The number of imidazole rings is 1. The van der Waals surface area contributed by atoms with E-state index in [0.29, 0.717) is 24.1 Å². The molecular formula is C19H23BN4O7. The smallest absolute Gasteiger partial charge is 0.455 e. The van der Waals surface area contributed by atoms with Crippen molar-refractivity contribution >= 4 is 19.0 Å². The van der Waals surface area contributed by atoms with Crippen LogP contribution >= 0.6 is 0 Å². The van der Waals surface area contributed by atoms with E-state index in [2.05, 4.69) is 9.97 Å². The second kappa shape index (κ2) is 8.21. The minimum atomic E-state index is -1.52. The maximum atomic E-state index is 12.4. The number of likely N-dealkylation sites (tertiary alicyclic amines) is 1. The summed E-state index contributed by atoms with van der Waals surface area (Å²) < 4.78 is 5.73. The number of rotatable bonds is 8. The molecule has 0 bridgehead atoms. The van der Waals surface area contributed by atoms with Crippen LogP contribution in [0.2, 0.25) is 5.82 Å². The van der Waals surface area contributed by atoms with Crippen LogP contribution in [0.4, 0.5) is 0 Å². The van der Waals surface area contributed by atoms with Crippen LogP contribution in [0.5, 0.6) is 11.5 Å². The summed E-state index contributed by atoms with van der Waals surface area (Å²) >= 11 is 0. The van der Waals surface area contributed by atoms with E-state index in [9.17, 15) is 29.9 Å². The second-order valence-electron chi connectivity index (χ2n) is 7.96. The lowest BCUT2D eigenvalue weighted by Crippen LogP contribution is -2.60. The molecular weight excluding hydrogens is 407 g/mol. The summed E-state index contributed by atoms with van der Waals surface area (Å²) in [6.45, 7) is 0.492. The van der Waals surface area contributed by atoms with Crippen molar-refractivity contribution < 1.29 is 34.6 Å². The maximum absolute atomic E-state index is 12.4. The third kappa shape index (κ3) is 4.22. The van der Waals surface area contributed by atoms with E-state index < -0.39 is 36.8 Å². The summed E-state index contributed by atoms with van der Waals surface area (Å²) in [5.74, 6) is -2.80. The number of hydrogen-bond donors (Lipinski definition) is 6. The molecule has 164 valence electrons. The highest BCUT2D eigenvalue weighted by Crippen LogP contribution is 2.56. The molecule has 1 saturated heterocycles. The van der Waals surface area contributed by atoms with E-state index in [0.717, 1.165) is 0 Å². The quantitative estimate of drug-likeness (QED) is 0.295. The molecule has 1 aliphatic carbocycles. The van der Waals surface area contributed by atoms with Gasteiger partial charge in [-0.1, -0.05) is 6.07 Å². The number of nitrogens with zero attached hydrogens (tertiary/aromatic N) is 2. The van der Waals surface area contributed by atoms with Crippen LogP contribution in [0.15, 0.2) is 24.7 Å². The number of carboxylic acid groups (broad SMARTS) is 1. The molecule has 2 fully saturated rings. The standard InChI is InChI=1S/C19H23BN4O7/c21-14(3-9-5-22-8-23-9)18(26)24-6-10(7-24)31-15-2-1-11(12-4-13(12)20(29)30)17(25)16(15)19(27)28/h1-2,5,8,10,12-14,25,29-30H,3-4,6-7,21H2,(H,22,23)(H,27,28)/t12-,13-,14-/m1/s1. The van der Waals surface area contributed by atoms with E-state index in [1.54, 1.807) is 6.20 Å². The first kappa shape index (κ1) is 21.2. The fourth-order valence-corrected chi connectivity index (χ4v) is 3.92.